The molecule has 0 saturated heterocycles. The third-order valence-corrected chi connectivity index (χ3v) is 6.18. The molecule has 0 saturated carbocycles. The molecule has 3 aromatic rings. The number of fused-ring (bicyclic) bond motifs is 6. The van der Waals surface area contributed by atoms with E-state index in [1.807, 2.05) is 36.4 Å². The lowest BCUT2D eigenvalue weighted by Crippen LogP contribution is -2.33. The summed E-state index contributed by atoms with van der Waals surface area (Å²) < 4.78 is 17.9. The van der Waals surface area contributed by atoms with Crippen molar-refractivity contribution in [3.8, 4) is 17.2 Å². The molecule has 31 heavy (non-hydrogen) atoms. The molecule has 1 atom stereocenters. The molecule has 3 aromatic carbocycles. The van der Waals surface area contributed by atoms with Gasteiger partial charge in [-0.3, -0.25) is 0 Å². The van der Waals surface area contributed by atoms with Gasteiger partial charge in [-0.2, -0.15) is 0 Å². The van der Waals surface area contributed by atoms with Gasteiger partial charge in [-0.25, -0.2) is 4.79 Å². The second kappa shape index (κ2) is 6.94. The van der Waals surface area contributed by atoms with Crippen LogP contribution in [0.25, 0.3) is 0 Å². The molecule has 0 radical (unpaired) electrons. The molecular formula is C25H24N2O4. The van der Waals surface area contributed by atoms with Crippen LogP contribution in [0, 0.1) is 0 Å². The standard InChI is InChI=1S/C25H24N2O4/c1-4-27(5-2)15-10-11-18-21(12-15)30-22-14-23(29-3)20(26)13-19(22)25(18)17-9-7-6-8-16(17)24(28)31-25/h6-14H,4-5,26H2,1-3H3. The van der Waals surface area contributed by atoms with Crippen LogP contribution >= 0.6 is 0 Å². The zero-order valence-corrected chi connectivity index (χ0v) is 17.8. The Morgan fingerprint density at radius 1 is 0.968 bits per heavy atom. The number of benzene rings is 3. The topological polar surface area (TPSA) is 74.0 Å². The lowest BCUT2D eigenvalue weighted by molar-refractivity contribution is 0.0224. The number of hydrogen-bond acceptors (Lipinski definition) is 6. The molecule has 0 amide bonds. The minimum Gasteiger partial charge on any atom is -0.494 e. The number of ether oxygens (including phenoxy) is 3. The average molecular weight is 416 g/mol. The fourth-order valence-electron chi connectivity index (χ4n) is 4.67. The second-order valence-electron chi connectivity index (χ2n) is 7.66. The molecule has 2 aliphatic rings. The maximum absolute atomic E-state index is 12.9. The van der Waals surface area contributed by atoms with Crippen LogP contribution in [-0.2, 0) is 10.3 Å². The van der Waals surface area contributed by atoms with Crippen LogP contribution in [0.5, 0.6) is 17.2 Å². The first kappa shape index (κ1) is 19.3. The van der Waals surface area contributed by atoms with Crippen molar-refractivity contribution in [1.29, 1.82) is 0 Å². The number of hydrogen-bond donors (Lipinski definition) is 1. The van der Waals surface area contributed by atoms with E-state index in [-0.39, 0.29) is 5.97 Å². The highest BCUT2D eigenvalue weighted by atomic mass is 16.6. The van der Waals surface area contributed by atoms with E-state index < -0.39 is 5.60 Å². The zero-order chi connectivity index (χ0) is 21.8. The van der Waals surface area contributed by atoms with Crippen molar-refractivity contribution in [2.45, 2.75) is 19.4 Å². The Kier molecular flexibility index (Phi) is 4.32. The highest BCUT2D eigenvalue weighted by Gasteiger charge is 2.53. The number of rotatable bonds is 4. The minimum atomic E-state index is -1.13. The third-order valence-electron chi connectivity index (χ3n) is 6.18. The third kappa shape index (κ3) is 2.61. The Morgan fingerprint density at radius 2 is 1.71 bits per heavy atom. The summed E-state index contributed by atoms with van der Waals surface area (Å²) in [7, 11) is 1.56. The number of esters is 1. The Labute approximate surface area is 181 Å². The lowest BCUT2D eigenvalue weighted by Gasteiger charge is -2.37. The van der Waals surface area contributed by atoms with Crippen molar-refractivity contribution >= 4 is 17.3 Å². The number of nitrogens with zero attached hydrogens (tertiary/aromatic N) is 1. The van der Waals surface area contributed by atoms with Gasteiger partial charge in [-0.15, -0.1) is 0 Å². The summed E-state index contributed by atoms with van der Waals surface area (Å²) in [5.41, 5.74) is 9.41. The van der Waals surface area contributed by atoms with Crippen LogP contribution < -0.4 is 20.1 Å². The van der Waals surface area contributed by atoms with Crippen molar-refractivity contribution < 1.29 is 19.0 Å². The predicted octanol–water partition coefficient (Wildman–Crippen LogP) is 4.69. The molecule has 0 bridgehead atoms. The van der Waals surface area contributed by atoms with Crippen LogP contribution in [-0.4, -0.2) is 26.2 Å². The van der Waals surface area contributed by atoms with E-state index in [4.69, 9.17) is 19.9 Å². The van der Waals surface area contributed by atoms with Crippen molar-refractivity contribution in [2.75, 3.05) is 30.8 Å². The number of carbonyl (C=O) groups is 1. The van der Waals surface area contributed by atoms with Crippen LogP contribution in [0.2, 0.25) is 0 Å². The molecular weight excluding hydrogens is 392 g/mol. The second-order valence-corrected chi connectivity index (χ2v) is 7.66. The van der Waals surface area contributed by atoms with E-state index >= 15 is 0 Å². The van der Waals surface area contributed by atoms with Crippen LogP contribution in [0.3, 0.4) is 0 Å². The van der Waals surface area contributed by atoms with Gasteiger partial charge in [0, 0.05) is 47.6 Å². The summed E-state index contributed by atoms with van der Waals surface area (Å²) in [5.74, 6) is 1.35. The van der Waals surface area contributed by atoms with Crippen LogP contribution in [0.4, 0.5) is 11.4 Å². The summed E-state index contributed by atoms with van der Waals surface area (Å²) in [6.07, 6.45) is 0. The molecule has 1 spiro atoms. The van der Waals surface area contributed by atoms with Crippen molar-refractivity contribution in [2.24, 2.45) is 0 Å². The monoisotopic (exact) mass is 416 g/mol. The average Bonchev–Trinajstić information content (AvgIpc) is 3.08. The number of carbonyl (C=O) groups excluding carboxylic acids is 1. The first-order valence-corrected chi connectivity index (χ1v) is 10.4. The van der Waals surface area contributed by atoms with Gasteiger partial charge in [0.25, 0.3) is 0 Å². The summed E-state index contributed by atoms with van der Waals surface area (Å²) in [5, 5.41) is 0. The van der Waals surface area contributed by atoms with Crippen molar-refractivity contribution in [1.82, 2.24) is 0 Å². The van der Waals surface area contributed by atoms with Crippen molar-refractivity contribution in [3.63, 3.8) is 0 Å². The molecule has 6 heteroatoms. The summed E-state index contributed by atoms with van der Waals surface area (Å²) in [6.45, 7) is 5.98. The Hall–Kier alpha value is -3.67. The lowest BCUT2D eigenvalue weighted by atomic mass is 9.77. The smallest absolute Gasteiger partial charge is 0.340 e. The van der Waals surface area contributed by atoms with Crippen LogP contribution in [0.1, 0.15) is 40.9 Å². The van der Waals surface area contributed by atoms with E-state index in [9.17, 15) is 4.79 Å². The molecule has 0 fully saturated rings. The normalized spacial score (nSPS) is 18.0. The first-order valence-electron chi connectivity index (χ1n) is 10.4. The quantitative estimate of drug-likeness (QED) is 0.491. The van der Waals surface area contributed by atoms with Gasteiger partial charge >= 0.3 is 5.97 Å². The summed E-state index contributed by atoms with van der Waals surface area (Å²) >= 11 is 0. The highest BCUT2D eigenvalue weighted by Crippen LogP contribution is 2.57. The molecule has 6 nitrogen and oxygen atoms in total. The van der Waals surface area contributed by atoms with E-state index in [0.717, 1.165) is 29.9 Å². The molecule has 1 unspecified atom stereocenters. The number of nitrogens with two attached hydrogens (primary N) is 1. The summed E-state index contributed by atoms with van der Waals surface area (Å²) in [4.78, 5) is 15.1. The minimum absolute atomic E-state index is 0.364. The van der Waals surface area contributed by atoms with E-state index in [2.05, 4.69) is 18.7 Å². The van der Waals surface area contributed by atoms with E-state index in [1.165, 1.54) is 0 Å². The molecule has 158 valence electrons. The largest absolute Gasteiger partial charge is 0.494 e. The molecule has 0 aliphatic carbocycles. The first-order chi connectivity index (χ1) is 15.0. The van der Waals surface area contributed by atoms with Gasteiger partial charge in [-0.05, 0) is 38.1 Å². The molecule has 0 aromatic heterocycles. The van der Waals surface area contributed by atoms with Crippen molar-refractivity contribution in [3.05, 3.63) is 76.9 Å². The Balaban J connectivity index is 1.82. The fourth-order valence-corrected chi connectivity index (χ4v) is 4.67. The van der Waals surface area contributed by atoms with Gasteiger partial charge in [-0.1, -0.05) is 18.2 Å². The van der Waals surface area contributed by atoms with Gasteiger partial charge < -0.3 is 24.8 Å². The predicted molar refractivity (Wildman–Crippen MR) is 119 cm³/mol. The van der Waals surface area contributed by atoms with Gasteiger partial charge in [0.15, 0.2) is 5.60 Å². The zero-order valence-electron chi connectivity index (χ0n) is 17.8. The fraction of sp³-hybridized carbons (Fsp3) is 0.240. The number of anilines is 2. The highest BCUT2D eigenvalue weighted by molar-refractivity contribution is 5.97. The maximum atomic E-state index is 12.9. The number of nitrogen functional groups attached to an aromatic ring is 1. The molecule has 2 aliphatic heterocycles. The Bertz CT molecular complexity index is 1200. The van der Waals surface area contributed by atoms with Gasteiger partial charge in [0.05, 0.1) is 18.4 Å². The van der Waals surface area contributed by atoms with Crippen LogP contribution in [0.15, 0.2) is 54.6 Å². The Morgan fingerprint density at radius 3 is 2.45 bits per heavy atom. The molecule has 5 rings (SSSR count). The van der Waals surface area contributed by atoms with E-state index in [0.29, 0.717) is 34.1 Å². The van der Waals surface area contributed by atoms with E-state index in [1.54, 1.807) is 25.3 Å². The van der Waals surface area contributed by atoms with Gasteiger partial charge in [0.2, 0.25) is 0 Å². The maximum Gasteiger partial charge on any atom is 0.340 e. The number of methoxy groups -OCH3 is 1. The summed E-state index contributed by atoms with van der Waals surface area (Å²) in [6, 6.07) is 17.0. The molecule has 2 heterocycles. The molecule has 2 N–H and O–H groups in total. The SMILES string of the molecule is CCN(CC)c1ccc2c(c1)Oc1cc(OC)c(N)cc1C21OC(=O)c2ccccc21. The van der Waals surface area contributed by atoms with Gasteiger partial charge in [0.1, 0.15) is 17.2 Å².